The van der Waals surface area contributed by atoms with E-state index in [2.05, 4.69) is 4.98 Å². The van der Waals surface area contributed by atoms with E-state index in [1.165, 1.54) is 16.2 Å². The van der Waals surface area contributed by atoms with Gasteiger partial charge in [0.05, 0.1) is 12.1 Å². The van der Waals surface area contributed by atoms with Gasteiger partial charge in [-0.3, -0.25) is 4.79 Å². The van der Waals surface area contributed by atoms with Crippen molar-refractivity contribution in [2.75, 3.05) is 6.54 Å². The van der Waals surface area contributed by atoms with Crippen molar-refractivity contribution in [3.05, 3.63) is 41.4 Å². The van der Waals surface area contributed by atoms with E-state index in [9.17, 15) is 9.59 Å². The van der Waals surface area contributed by atoms with Crippen LogP contribution in [-0.2, 0) is 16.0 Å². The Balaban J connectivity index is 1.70. The lowest BCUT2D eigenvalue weighted by Gasteiger charge is -2.20. The van der Waals surface area contributed by atoms with Crippen LogP contribution in [0.2, 0.25) is 0 Å². The second-order valence-electron chi connectivity index (χ2n) is 5.27. The zero-order valence-corrected chi connectivity index (χ0v) is 12.8. The highest BCUT2D eigenvalue weighted by Gasteiger charge is 2.33. The van der Waals surface area contributed by atoms with Crippen molar-refractivity contribution in [3.8, 4) is 10.6 Å². The van der Waals surface area contributed by atoms with Crippen LogP contribution in [0.25, 0.3) is 10.6 Å². The molecule has 1 saturated heterocycles. The molecule has 1 aliphatic heterocycles. The number of hydrogen-bond acceptors (Lipinski definition) is 4. The number of aliphatic carboxylic acids is 1. The first kappa shape index (κ1) is 14.7. The Bertz CT molecular complexity index is 684. The maximum atomic E-state index is 12.3. The maximum absolute atomic E-state index is 12.3. The number of thiazole rings is 1. The molecular weight excluding hydrogens is 300 g/mol. The molecule has 114 valence electrons. The maximum Gasteiger partial charge on any atom is 0.326 e. The number of carbonyl (C=O) groups is 2. The minimum Gasteiger partial charge on any atom is -0.480 e. The van der Waals surface area contributed by atoms with E-state index < -0.39 is 12.0 Å². The van der Waals surface area contributed by atoms with E-state index in [-0.39, 0.29) is 12.3 Å². The molecule has 0 aliphatic carbocycles. The van der Waals surface area contributed by atoms with Crippen molar-refractivity contribution in [2.45, 2.75) is 25.3 Å². The second-order valence-corrected chi connectivity index (χ2v) is 6.13. The molecule has 0 radical (unpaired) electrons. The molecule has 1 N–H and O–H groups in total. The molecular formula is C16H16N2O3S. The highest BCUT2D eigenvalue weighted by Crippen LogP contribution is 2.24. The van der Waals surface area contributed by atoms with Gasteiger partial charge >= 0.3 is 5.97 Å². The highest BCUT2D eigenvalue weighted by molar-refractivity contribution is 7.13. The monoisotopic (exact) mass is 316 g/mol. The van der Waals surface area contributed by atoms with Crippen LogP contribution in [0, 0.1) is 0 Å². The van der Waals surface area contributed by atoms with Crippen LogP contribution in [0.1, 0.15) is 18.5 Å². The number of carboxylic acids is 1. The molecule has 2 heterocycles. The van der Waals surface area contributed by atoms with Gasteiger partial charge in [-0.15, -0.1) is 11.3 Å². The normalized spacial score (nSPS) is 17.6. The fourth-order valence-corrected chi connectivity index (χ4v) is 3.51. The predicted octanol–water partition coefficient (Wildman–Crippen LogP) is 2.43. The highest BCUT2D eigenvalue weighted by atomic mass is 32.1. The number of aromatic nitrogens is 1. The number of nitrogens with zero attached hydrogens (tertiary/aromatic N) is 2. The summed E-state index contributed by atoms with van der Waals surface area (Å²) in [6.45, 7) is 0.519. The summed E-state index contributed by atoms with van der Waals surface area (Å²) >= 11 is 1.50. The molecule has 1 aromatic carbocycles. The summed E-state index contributed by atoms with van der Waals surface area (Å²) in [7, 11) is 0. The van der Waals surface area contributed by atoms with Gasteiger partial charge in [-0.25, -0.2) is 9.78 Å². The fraction of sp³-hybridized carbons (Fsp3) is 0.312. The lowest BCUT2D eigenvalue weighted by Crippen LogP contribution is -2.41. The molecule has 3 rings (SSSR count). The SMILES string of the molecule is O=C(O)[C@H]1CCCN1C(=O)Cc1csc(-c2ccccc2)n1. The number of carboxylic acid groups (broad SMARTS) is 1. The Kier molecular flexibility index (Phi) is 4.20. The predicted molar refractivity (Wildman–Crippen MR) is 83.6 cm³/mol. The molecule has 1 atom stereocenters. The Morgan fingerprint density at radius 3 is 2.82 bits per heavy atom. The molecule has 0 unspecified atom stereocenters. The van der Waals surface area contributed by atoms with Crippen molar-refractivity contribution < 1.29 is 14.7 Å². The van der Waals surface area contributed by atoms with Crippen LogP contribution in [-0.4, -0.2) is 39.5 Å². The molecule has 1 fully saturated rings. The van der Waals surface area contributed by atoms with Gasteiger partial charge in [-0.2, -0.15) is 0 Å². The zero-order chi connectivity index (χ0) is 15.5. The summed E-state index contributed by atoms with van der Waals surface area (Å²) in [5.74, 6) is -1.08. The quantitative estimate of drug-likeness (QED) is 0.940. The second kappa shape index (κ2) is 6.27. The number of hydrogen-bond donors (Lipinski definition) is 1. The lowest BCUT2D eigenvalue weighted by atomic mass is 10.2. The fourth-order valence-electron chi connectivity index (χ4n) is 2.68. The van der Waals surface area contributed by atoms with Crippen molar-refractivity contribution in [2.24, 2.45) is 0 Å². The van der Waals surface area contributed by atoms with E-state index in [1.807, 2.05) is 35.7 Å². The molecule has 0 bridgehead atoms. The van der Waals surface area contributed by atoms with Crippen LogP contribution < -0.4 is 0 Å². The molecule has 5 nitrogen and oxygen atoms in total. The topological polar surface area (TPSA) is 70.5 Å². The molecule has 0 saturated carbocycles. The Hall–Kier alpha value is -2.21. The van der Waals surface area contributed by atoms with Crippen molar-refractivity contribution >= 4 is 23.2 Å². The van der Waals surface area contributed by atoms with Gasteiger partial charge in [0, 0.05) is 17.5 Å². The van der Waals surface area contributed by atoms with E-state index >= 15 is 0 Å². The standard InChI is InChI=1S/C16H16N2O3S/c19-14(18-8-4-7-13(18)16(20)21)9-12-10-22-15(17-12)11-5-2-1-3-6-11/h1-3,5-6,10,13H,4,7-9H2,(H,20,21)/t13-/m1/s1. The zero-order valence-electron chi connectivity index (χ0n) is 11.9. The minimum atomic E-state index is -0.922. The first-order valence-electron chi connectivity index (χ1n) is 7.17. The minimum absolute atomic E-state index is 0.158. The van der Waals surface area contributed by atoms with Crippen molar-refractivity contribution in [3.63, 3.8) is 0 Å². The smallest absolute Gasteiger partial charge is 0.326 e. The van der Waals surface area contributed by atoms with Gasteiger partial charge in [0.15, 0.2) is 0 Å². The molecule has 22 heavy (non-hydrogen) atoms. The molecule has 1 aromatic heterocycles. The molecule has 1 amide bonds. The first-order valence-corrected chi connectivity index (χ1v) is 8.05. The van der Waals surface area contributed by atoms with Crippen LogP contribution in [0.15, 0.2) is 35.7 Å². The average Bonchev–Trinajstić information content (AvgIpc) is 3.17. The Labute approximate surface area is 132 Å². The van der Waals surface area contributed by atoms with Gasteiger partial charge < -0.3 is 10.0 Å². The van der Waals surface area contributed by atoms with E-state index in [0.29, 0.717) is 18.7 Å². The third kappa shape index (κ3) is 3.01. The van der Waals surface area contributed by atoms with Gasteiger partial charge in [-0.05, 0) is 12.8 Å². The average molecular weight is 316 g/mol. The van der Waals surface area contributed by atoms with Crippen molar-refractivity contribution in [1.82, 2.24) is 9.88 Å². The summed E-state index contributed by atoms with van der Waals surface area (Å²) in [4.78, 5) is 29.4. The summed E-state index contributed by atoms with van der Waals surface area (Å²) in [5.41, 5.74) is 1.72. The van der Waals surface area contributed by atoms with Crippen LogP contribution >= 0.6 is 11.3 Å². The lowest BCUT2D eigenvalue weighted by molar-refractivity contribution is -0.148. The van der Waals surface area contributed by atoms with Gasteiger partial charge in [0.2, 0.25) is 5.91 Å². The number of rotatable bonds is 4. The van der Waals surface area contributed by atoms with E-state index in [4.69, 9.17) is 5.11 Å². The number of benzene rings is 1. The molecule has 0 spiro atoms. The summed E-state index contributed by atoms with van der Waals surface area (Å²) in [6.07, 6.45) is 1.44. The van der Waals surface area contributed by atoms with Gasteiger partial charge in [-0.1, -0.05) is 30.3 Å². The van der Waals surface area contributed by atoms with Crippen LogP contribution in [0.5, 0.6) is 0 Å². The third-order valence-corrected chi connectivity index (χ3v) is 4.70. The Morgan fingerprint density at radius 2 is 2.09 bits per heavy atom. The number of amides is 1. The van der Waals surface area contributed by atoms with Crippen LogP contribution in [0.3, 0.4) is 0 Å². The van der Waals surface area contributed by atoms with Crippen LogP contribution in [0.4, 0.5) is 0 Å². The van der Waals surface area contributed by atoms with Gasteiger partial charge in [0.1, 0.15) is 11.0 Å². The largest absolute Gasteiger partial charge is 0.480 e. The number of likely N-dealkylation sites (tertiary alicyclic amines) is 1. The number of carbonyl (C=O) groups excluding carboxylic acids is 1. The summed E-state index contributed by atoms with van der Waals surface area (Å²) in [5, 5.41) is 11.9. The van der Waals surface area contributed by atoms with Gasteiger partial charge in [0.25, 0.3) is 0 Å². The van der Waals surface area contributed by atoms with Crippen molar-refractivity contribution in [1.29, 1.82) is 0 Å². The van der Waals surface area contributed by atoms with E-state index in [1.54, 1.807) is 0 Å². The molecule has 2 aromatic rings. The van der Waals surface area contributed by atoms with E-state index in [0.717, 1.165) is 17.0 Å². The summed E-state index contributed by atoms with van der Waals surface area (Å²) in [6, 6.07) is 9.12. The first-order chi connectivity index (χ1) is 10.6. The summed E-state index contributed by atoms with van der Waals surface area (Å²) < 4.78 is 0. The molecule has 6 heteroatoms. The molecule has 1 aliphatic rings. The Morgan fingerprint density at radius 1 is 1.32 bits per heavy atom. The third-order valence-electron chi connectivity index (χ3n) is 3.76.